The molecule has 0 atom stereocenters. The van der Waals surface area contributed by atoms with Crippen LogP contribution in [0.2, 0.25) is 0 Å². The molecule has 6 N–H and O–H groups in total. The second-order valence-electron chi connectivity index (χ2n) is 2.06. The summed E-state index contributed by atoms with van der Waals surface area (Å²) < 4.78 is 0. The number of hydrazine groups is 5. The topological polar surface area (TPSA) is 72.2 Å². The summed E-state index contributed by atoms with van der Waals surface area (Å²) in [6.45, 7) is 1.94. The van der Waals surface area contributed by atoms with E-state index in [2.05, 4.69) is 33.0 Å². The maximum absolute atomic E-state index is 2.96. The van der Waals surface area contributed by atoms with E-state index < -0.39 is 0 Å². The van der Waals surface area contributed by atoms with Crippen molar-refractivity contribution in [3.05, 3.63) is 0 Å². The van der Waals surface area contributed by atoms with Crippen molar-refractivity contribution in [2.24, 2.45) is 0 Å². The van der Waals surface area contributed by atoms with Gasteiger partial charge in [0.05, 0.1) is 0 Å². The average Bonchev–Trinajstić information content (AvgIpc) is 2.01. The third kappa shape index (κ3) is 3.72. The quantitative estimate of drug-likeness (QED) is 0.235. The molecule has 0 unspecified atom stereocenters. The molecule has 0 amide bonds. The van der Waals surface area contributed by atoms with E-state index in [0.29, 0.717) is 0 Å². The minimum atomic E-state index is 0.969. The lowest BCUT2D eigenvalue weighted by Crippen LogP contribution is -2.59. The SMILES string of the molecule is C1CCNNNNNNC1. The molecule has 6 nitrogen and oxygen atoms in total. The van der Waals surface area contributed by atoms with Gasteiger partial charge in [-0.15, -0.1) is 0 Å². The van der Waals surface area contributed by atoms with Crippen molar-refractivity contribution >= 4 is 0 Å². The number of hydrogen-bond acceptors (Lipinski definition) is 6. The van der Waals surface area contributed by atoms with Crippen molar-refractivity contribution in [1.29, 1.82) is 0 Å². The smallest absolute Gasteiger partial charge is 0.0114 e. The summed E-state index contributed by atoms with van der Waals surface area (Å²) in [5.41, 5.74) is 16.8. The predicted octanol–water partition coefficient (Wildman–Crippen LogP) is -2.11. The van der Waals surface area contributed by atoms with E-state index in [1.165, 1.54) is 0 Å². The first-order valence-corrected chi connectivity index (χ1v) is 3.46. The lowest BCUT2D eigenvalue weighted by atomic mass is 10.3. The Balaban J connectivity index is 2.00. The summed E-state index contributed by atoms with van der Waals surface area (Å²) in [6, 6.07) is 0. The van der Waals surface area contributed by atoms with E-state index in [9.17, 15) is 0 Å². The van der Waals surface area contributed by atoms with Gasteiger partial charge in [0.15, 0.2) is 0 Å². The van der Waals surface area contributed by atoms with Crippen molar-refractivity contribution in [2.45, 2.75) is 12.8 Å². The van der Waals surface area contributed by atoms with Crippen LogP contribution in [0.15, 0.2) is 0 Å². The Bertz CT molecular complexity index is 42.9. The fourth-order valence-electron chi connectivity index (χ4n) is 0.703. The molecule has 0 aromatic rings. The lowest BCUT2D eigenvalue weighted by Gasteiger charge is -2.13. The zero-order chi connectivity index (χ0) is 7.07. The zero-order valence-electron chi connectivity index (χ0n) is 5.83. The fraction of sp³-hybridized carbons (Fsp3) is 1.00. The molecule has 1 aliphatic heterocycles. The third-order valence-electron chi connectivity index (χ3n) is 1.22. The first-order valence-electron chi connectivity index (χ1n) is 3.46. The highest BCUT2D eigenvalue weighted by Crippen LogP contribution is 1.81. The standard InChI is InChI=1S/C4H14N6/c1-2-4-6-8-10-9-7-5-3-1/h5-10H,1-4H2. The first kappa shape index (κ1) is 7.86. The van der Waals surface area contributed by atoms with E-state index in [0.717, 1.165) is 25.9 Å². The van der Waals surface area contributed by atoms with Crippen LogP contribution >= 0.6 is 0 Å². The second-order valence-corrected chi connectivity index (χ2v) is 2.06. The molecule has 60 valence electrons. The van der Waals surface area contributed by atoms with Gasteiger partial charge in [0.25, 0.3) is 0 Å². The molecule has 1 fully saturated rings. The monoisotopic (exact) mass is 146 g/mol. The Hall–Kier alpha value is -0.240. The molecule has 1 aliphatic rings. The van der Waals surface area contributed by atoms with Gasteiger partial charge in [-0.3, -0.25) is 0 Å². The van der Waals surface area contributed by atoms with Crippen LogP contribution in [0.5, 0.6) is 0 Å². The molecule has 6 heteroatoms. The average molecular weight is 146 g/mol. The molecule has 0 spiro atoms. The van der Waals surface area contributed by atoms with E-state index in [1.807, 2.05) is 0 Å². The molecule has 0 saturated carbocycles. The van der Waals surface area contributed by atoms with E-state index in [-0.39, 0.29) is 0 Å². The molecule has 0 aliphatic carbocycles. The van der Waals surface area contributed by atoms with Gasteiger partial charge >= 0.3 is 0 Å². The minimum Gasteiger partial charge on any atom is -0.243 e. The van der Waals surface area contributed by atoms with Gasteiger partial charge in [0.2, 0.25) is 0 Å². The van der Waals surface area contributed by atoms with Crippen molar-refractivity contribution in [3.63, 3.8) is 0 Å². The van der Waals surface area contributed by atoms with E-state index in [1.54, 1.807) is 0 Å². The summed E-state index contributed by atoms with van der Waals surface area (Å²) in [4.78, 5) is 0. The van der Waals surface area contributed by atoms with E-state index in [4.69, 9.17) is 0 Å². The van der Waals surface area contributed by atoms with Crippen molar-refractivity contribution in [2.75, 3.05) is 13.1 Å². The van der Waals surface area contributed by atoms with Crippen molar-refractivity contribution in [1.82, 2.24) is 33.0 Å². The molecule has 1 rings (SSSR count). The highest BCUT2D eigenvalue weighted by Gasteiger charge is 1.90. The summed E-state index contributed by atoms with van der Waals surface area (Å²) in [6.07, 6.45) is 2.31. The molecule has 0 aromatic heterocycles. The van der Waals surface area contributed by atoms with Gasteiger partial charge in [-0.25, -0.2) is 10.9 Å². The van der Waals surface area contributed by atoms with Gasteiger partial charge in [-0.1, -0.05) is 0 Å². The Morgan fingerprint density at radius 1 is 0.600 bits per heavy atom. The zero-order valence-corrected chi connectivity index (χ0v) is 5.83. The van der Waals surface area contributed by atoms with Crippen molar-refractivity contribution < 1.29 is 0 Å². The number of rotatable bonds is 0. The van der Waals surface area contributed by atoms with Crippen molar-refractivity contribution in [3.8, 4) is 0 Å². The van der Waals surface area contributed by atoms with Crippen LogP contribution < -0.4 is 33.0 Å². The minimum absolute atomic E-state index is 0.969. The summed E-state index contributed by atoms with van der Waals surface area (Å²) in [5, 5.41) is 0. The van der Waals surface area contributed by atoms with Crippen LogP contribution in [0.3, 0.4) is 0 Å². The summed E-state index contributed by atoms with van der Waals surface area (Å²) in [7, 11) is 0. The van der Waals surface area contributed by atoms with Gasteiger partial charge in [0, 0.05) is 13.1 Å². The molecule has 1 saturated heterocycles. The number of nitrogens with one attached hydrogen (secondary N) is 6. The fourth-order valence-corrected chi connectivity index (χ4v) is 0.703. The van der Waals surface area contributed by atoms with Gasteiger partial charge < -0.3 is 0 Å². The Labute approximate surface area is 60.0 Å². The van der Waals surface area contributed by atoms with Crippen LogP contribution in [-0.2, 0) is 0 Å². The van der Waals surface area contributed by atoms with Crippen LogP contribution in [-0.4, -0.2) is 13.1 Å². The largest absolute Gasteiger partial charge is 0.243 e. The molecular formula is C4H14N6. The second kappa shape index (κ2) is 5.54. The molecule has 10 heavy (non-hydrogen) atoms. The van der Waals surface area contributed by atoms with Crippen LogP contribution in [0, 0.1) is 0 Å². The van der Waals surface area contributed by atoms with Crippen LogP contribution in [0.25, 0.3) is 0 Å². The van der Waals surface area contributed by atoms with E-state index >= 15 is 0 Å². The first-order chi connectivity index (χ1) is 5.00. The molecule has 0 aromatic carbocycles. The highest BCUT2D eigenvalue weighted by molar-refractivity contribution is 4.45. The lowest BCUT2D eigenvalue weighted by molar-refractivity contribution is 0.280. The summed E-state index contributed by atoms with van der Waals surface area (Å²) >= 11 is 0. The van der Waals surface area contributed by atoms with Gasteiger partial charge in [-0.05, 0) is 12.8 Å². The maximum Gasteiger partial charge on any atom is 0.0114 e. The van der Waals surface area contributed by atoms with Crippen LogP contribution in [0.1, 0.15) is 12.8 Å². The molecular weight excluding hydrogens is 132 g/mol. The molecule has 1 heterocycles. The normalized spacial score (nSPS) is 24.0. The Morgan fingerprint density at radius 2 is 1.10 bits per heavy atom. The predicted molar refractivity (Wildman–Crippen MR) is 37.8 cm³/mol. The van der Waals surface area contributed by atoms with Crippen LogP contribution in [0.4, 0.5) is 0 Å². The third-order valence-corrected chi connectivity index (χ3v) is 1.22. The molecule has 0 bridgehead atoms. The van der Waals surface area contributed by atoms with Gasteiger partial charge in [-0.2, -0.15) is 22.1 Å². The van der Waals surface area contributed by atoms with Gasteiger partial charge in [0.1, 0.15) is 0 Å². The summed E-state index contributed by atoms with van der Waals surface area (Å²) in [5.74, 6) is 0. The maximum atomic E-state index is 2.96. The number of hydrogen-bond donors (Lipinski definition) is 6. The molecule has 0 radical (unpaired) electrons. The highest BCUT2D eigenvalue weighted by atomic mass is 15.8. The Morgan fingerprint density at radius 3 is 1.60 bits per heavy atom. The Kier molecular flexibility index (Phi) is 4.35.